The van der Waals surface area contributed by atoms with Gasteiger partial charge in [0.25, 0.3) is 0 Å². The van der Waals surface area contributed by atoms with Crippen LogP contribution < -0.4 is 10.6 Å². The fourth-order valence-corrected chi connectivity index (χ4v) is 6.29. The summed E-state index contributed by atoms with van der Waals surface area (Å²) in [5.41, 5.74) is 6.53. The van der Waals surface area contributed by atoms with E-state index in [1.165, 1.54) is 28.8 Å². The topological polar surface area (TPSA) is 50.9 Å². The molecule has 0 saturated carbocycles. The Bertz CT molecular complexity index is 1480. The molecule has 0 unspecified atom stereocenters. The van der Waals surface area contributed by atoms with Crippen LogP contribution in [0.5, 0.6) is 0 Å². The molecule has 6 nitrogen and oxygen atoms in total. The zero-order valence-electron chi connectivity index (χ0n) is 25.3. The summed E-state index contributed by atoms with van der Waals surface area (Å²) in [6.07, 6.45) is 1.78. The average Bonchev–Trinajstić information content (AvgIpc) is 3.06. The minimum Gasteiger partial charge on any atom is -0.317 e. The number of rotatable bonds is 9. The molecule has 4 aromatic carbocycles. The lowest BCUT2D eigenvalue weighted by Gasteiger charge is -2.38. The van der Waals surface area contributed by atoms with Gasteiger partial charge in [-0.2, -0.15) is 0 Å². The van der Waals surface area contributed by atoms with Crippen molar-refractivity contribution in [3.05, 3.63) is 126 Å². The number of nitrogens with zero attached hydrogens (tertiary/aromatic N) is 3. The Hall–Kier alpha value is -4.04. The molecule has 7 heteroatoms. The molecule has 4 aromatic rings. The van der Waals surface area contributed by atoms with E-state index in [0.717, 1.165) is 76.3 Å². The largest absolute Gasteiger partial charge is 0.322 e. The van der Waals surface area contributed by atoms with Gasteiger partial charge in [-0.3, -0.25) is 9.80 Å². The second-order valence-electron chi connectivity index (χ2n) is 12.0. The zero-order valence-corrected chi connectivity index (χ0v) is 25.3. The Morgan fingerprint density at radius 3 is 1.95 bits per heavy atom. The maximum atomic E-state index is 13.9. The van der Waals surface area contributed by atoms with Crippen LogP contribution in [0.15, 0.2) is 103 Å². The molecule has 2 N–H and O–H groups in total. The number of urea groups is 1. The van der Waals surface area contributed by atoms with Crippen LogP contribution in [0.2, 0.25) is 0 Å². The van der Waals surface area contributed by atoms with E-state index in [1.54, 1.807) is 12.1 Å². The lowest BCUT2D eigenvalue weighted by atomic mass is 10.00. The molecular weight excluding hydrogens is 549 g/mol. The number of hydrogen-bond donors (Lipinski definition) is 2. The number of hydrogen-bond acceptors (Lipinski definition) is 4. The van der Waals surface area contributed by atoms with Gasteiger partial charge in [0.2, 0.25) is 0 Å². The van der Waals surface area contributed by atoms with E-state index in [9.17, 15) is 9.18 Å². The first-order chi connectivity index (χ1) is 21.6. The van der Waals surface area contributed by atoms with Crippen molar-refractivity contribution in [3.8, 4) is 11.1 Å². The van der Waals surface area contributed by atoms with Gasteiger partial charge in [0.05, 0.1) is 0 Å². The van der Waals surface area contributed by atoms with Crippen LogP contribution in [0.25, 0.3) is 11.1 Å². The van der Waals surface area contributed by atoms with Crippen molar-refractivity contribution in [2.75, 3.05) is 44.6 Å². The van der Waals surface area contributed by atoms with Crippen molar-refractivity contribution in [2.24, 2.45) is 0 Å². The molecule has 2 amide bonds. The van der Waals surface area contributed by atoms with Gasteiger partial charge in [0.1, 0.15) is 5.82 Å². The van der Waals surface area contributed by atoms with Gasteiger partial charge in [-0.1, -0.05) is 84.9 Å². The molecule has 228 valence electrons. The predicted molar refractivity (Wildman–Crippen MR) is 176 cm³/mol. The highest BCUT2D eigenvalue weighted by atomic mass is 19.1. The van der Waals surface area contributed by atoms with Crippen LogP contribution in [-0.4, -0.2) is 66.0 Å². The third kappa shape index (κ3) is 8.11. The third-order valence-corrected chi connectivity index (χ3v) is 8.79. The van der Waals surface area contributed by atoms with Crippen LogP contribution in [-0.2, 0) is 19.6 Å². The molecule has 0 spiro atoms. The molecule has 6 rings (SSSR count). The summed E-state index contributed by atoms with van der Waals surface area (Å²) in [6.45, 7) is 8.54. The minimum absolute atomic E-state index is 0.0958. The minimum atomic E-state index is -0.365. The maximum Gasteiger partial charge on any atom is 0.322 e. The number of piperidine rings is 1. The van der Waals surface area contributed by atoms with Crippen molar-refractivity contribution in [1.82, 2.24) is 20.0 Å². The SMILES string of the molecule is O=C(Nc1cccc(F)c1)N(Cc1ccc(-c2ccc(CN3CCNCC3)cc2)cc1)C1CCN(Cc2ccccc2)CC1. The third-order valence-electron chi connectivity index (χ3n) is 8.79. The highest BCUT2D eigenvalue weighted by molar-refractivity contribution is 5.89. The van der Waals surface area contributed by atoms with Gasteiger partial charge in [0.15, 0.2) is 0 Å². The molecule has 0 radical (unpaired) electrons. The van der Waals surface area contributed by atoms with Gasteiger partial charge >= 0.3 is 6.03 Å². The summed E-state index contributed by atoms with van der Waals surface area (Å²) in [7, 11) is 0. The molecule has 2 saturated heterocycles. The molecule has 0 aromatic heterocycles. The second-order valence-corrected chi connectivity index (χ2v) is 12.0. The van der Waals surface area contributed by atoms with E-state index in [1.807, 2.05) is 11.0 Å². The Balaban J connectivity index is 1.12. The van der Waals surface area contributed by atoms with Crippen molar-refractivity contribution in [1.29, 1.82) is 0 Å². The van der Waals surface area contributed by atoms with E-state index >= 15 is 0 Å². The number of nitrogens with one attached hydrogen (secondary N) is 2. The Morgan fingerprint density at radius 2 is 1.32 bits per heavy atom. The van der Waals surface area contributed by atoms with Gasteiger partial charge in [-0.15, -0.1) is 0 Å². The molecule has 44 heavy (non-hydrogen) atoms. The van der Waals surface area contributed by atoms with Gasteiger partial charge in [-0.25, -0.2) is 9.18 Å². The predicted octanol–water partition coefficient (Wildman–Crippen LogP) is 6.60. The summed E-state index contributed by atoms with van der Waals surface area (Å²) < 4.78 is 13.9. The first-order valence-corrected chi connectivity index (χ1v) is 15.8. The fourth-order valence-electron chi connectivity index (χ4n) is 6.29. The summed E-state index contributed by atoms with van der Waals surface area (Å²) in [5.74, 6) is -0.365. The second kappa shape index (κ2) is 14.6. The monoisotopic (exact) mass is 591 g/mol. The van der Waals surface area contributed by atoms with Crippen LogP contribution >= 0.6 is 0 Å². The van der Waals surface area contributed by atoms with Crippen LogP contribution in [0.3, 0.4) is 0 Å². The number of likely N-dealkylation sites (tertiary alicyclic amines) is 1. The number of carbonyl (C=O) groups is 1. The fraction of sp³-hybridized carbons (Fsp3) is 0.324. The van der Waals surface area contributed by atoms with Crippen molar-refractivity contribution in [2.45, 2.75) is 38.5 Å². The van der Waals surface area contributed by atoms with Crippen molar-refractivity contribution < 1.29 is 9.18 Å². The summed E-state index contributed by atoms with van der Waals surface area (Å²) in [5, 5.41) is 6.36. The Kier molecular flexibility index (Phi) is 9.97. The van der Waals surface area contributed by atoms with Crippen LogP contribution in [0, 0.1) is 5.82 Å². The molecule has 0 aliphatic carbocycles. The van der Waals surface area contributed by atoms with E-state index in [4.69, 9.17) is 0 Å². The number of carbonyl (C=O) groups excluding carboxylic acids is 1. The van der Waals surface area contributed by atoms with Crippen LogP contribution in [0.4, 0.5) is 14.9 Å². The molecule has 2 aliphatic heterocycles. The smallest absolute Gasteiger partial charge is 0.317 e. The summed E-state index contributed by atoms with van der Waals surface area (Å²) >= 11 is 0. The standard InChI is InChI=1S/C37H42FN5O/c38-34-7-4-8-35(25-34)40-37(44)43(36-17-21-41(22-18-36)26-29-5-2-1-3-6-29)28-31-11-15-33(16-12-31)32-13-9-30(10-14-32)27-42-23-19-39-20-24-42/h1-16,25,36,39H,17-24,26-28H2,(H,40,44). The summed E-state index contributed by atoms with van der Waals surface area (Å²) in [4.78, 5) is 20.5. The maximum absolute atomic E-state index is 13.9. The molecule has 2 aliphatic rings. The Labute approximate surface area is 260 Å². The quantitative estimate of drug-likeness (QED) is 0.230. The highest BCUT2D eigenvalue weighted by Gasteiger charge is 2.28. The molecular formula is C37H42FN5O. The molecule has 2 fully saturated rings. The van der Waals surface area contributed by atoms with Gasteiger partial charge in [-0.05, 0) is 58.9 Å². The van der Waals surface area contributed by atoms with E-state index in [0.29, 0.717) is 12.2 Å². The number of halogens is 1. The van der Waals surface area contributed by atoms with E-state index in [-0.39, 0.29) is 17.9 Å². The Morgan fingerprint density at radius 1 is 0.727 bits per heavy atom. The highest BCUT2D eigenvalue weighted by Crippen LogP contribution is 2.25. The number of benzene rings is 4. The average molecular weight is 592 g/mol. The molecule has 2 heterocycles. The van der Waals surface area contributed by atoms with Crippen molar-refractivity contribution in [3.63, 3.8) is 0 Å². The van der Waals surface area contributed by atoms with Crippen molar-refractivity contribution >= 4 is 11.7 Å². The first-order valence-electron chi connectivity index (χ1n) is 15.8. The molecule has 0 bridgehead atoms. The number of anilines is 1. The van der Waals surface area contributed by atoms with E-state index in [2.05, 4.69) is 93.2 Å². The lowest BCUT2D eigenvalue weighted by molar-refractivity contribution is 0.120. The normalized spacial score (nSPS) is 16.5. The summed E-state index contributed by atoms with van der Waals surface area (Å²) in [6, 6.07) is 33.9. The zero-order chi connectivity index (χ0) is 30.1. The first kappa shape index (κ1) is 30.0. The number of amides is 2. The lowest BCUT2D eigenvalue weighted by Crippen LogP contribution is -2.48. The number of piperazine rings is 1. The van der Waals surface area contributed by atoms with Crippen LogP contribution in [0.1, 0.15) is 29.5 Å². The molecule has 0 atom stereocenters. The van der Waals surface area contributed by atoms with Gasteiger partial charge < -0.3 is 15.5 Å². The van der Waals surface area contributed by atoms with Gasteiger partial charge in [0, 0.05) is 70.6 Å². The van der Waals surface area contributed by atoms with E-state index < -0.39 is 0 Å².